The first kappa shape index (κ1) is 16.8. The minimum atomic E-state index is -3.83. The van der Waals surface area contributed by atoms with Crippen molar-refractivity contribution in [1.82, 2.24) is 9.29 Å². The second kappa shape index (κ2) is 7.12. The summed E-state index contributed by atoms with van der Waals surface area (Å²) < 4.78 is 43.5. The number of carboxylic acid groups (broad SMARTS) is 1. The van der Waals surface area contributed by atoms with E-state index in [0.717, 1.165) is 12.3 Å². The number of pyridine rings is 1. The number of rotatable bonds is 6. The monoisotopic (exact) mass is 332 g/mol. The lowest BCUT2D eigenvalue weighted by molar-refractivity contribution is 0.0147. The molecule has 0 spiro atoms. The molecule has 2 heterocycles. The Labute approximate surface area is 127 Å². The Kier molecular flexibility index (Phi) is 5.43. The smallest absolute Gasteiger partial charge is 0.335 e. The van der Waals surface area contributed by atoms with Crippen molar-refractivity contribution in [2.24, 2.45) is 0 Å². The van der Waals surface area contributed by atoms with Gasteiger partial charge in [-0.1, -0.05) is 0 Å². The van der Waals surface area contributed by atoms with E-state index in [1.807, 2.05) is 0 Å². The summed E-state index contributed by atoms with van der Waals surface area (Å²) in [5, 5.41) is 8.64. The average Bonchev–Trinajstić information content (AvgIpc) is 2.53. The molecule has 0 unspecified atom stereocenters. The van der Waals surface area contributed by atoms with Crippen molar-refractivity contribution in [1.29, 1.82) is 0 Å². The summed E-state index contributed by atoms with van der Waals surface area (Å²) in [7, 11) is -3.83. The first-order valence-corrected chi connectivity index (χ1v) is 8.26. The molecule has 0 saturated carbocycles. The number of hydrogen-bond acceptors (Lipinski definition) is 5. The molecule has 1 fully saturated rings. The van der Waals surface area contributed by atoms with Crippen LogP contribution in [0.5, 0.6) is 0 Å². The van der Waals surface area contributed by atoms with Gasteiger partial charge in [-0.15, -0.1) is 0 Å². The highest BCUT2D eigenvalue weighted by Crippen LogP contribution is 2.21. The number of piperidine rings is 1. The van der Waals surface area contributed by atoms with Gasteiger partial charge in [0, 0.05) is 19.3 Å². The summed E-state index contributed by atoms with van der Waals surface area (Å²) in [6.07, 6.45) is 1.95. The van der Waals surface area contributed by atoms with Crippen molar-refractivity contribution in [3.05, 3.63) is 23.9 Å². The van der Waals surface area contributed by atoms with Crippen molar-refractivity contribution in [3.8, 4) is 0 Å². The number of carbonyl (C=O) groups is 1. The van der Waals surface area contributed by atoms with E-state index in [9.17, 15) is 17.6 Å². The minimum Gasteiger partial charge on any atom is -0.478 e. The van der Waals surface area contributed by atoms with Crippen molar-refractivity contribution in [2.45, 2.75) is 24.0 Å². The molecular formula is C13H17FN2O5S. The van der Waals surface area contributed by atoms with Crippen LogP contribution < -0.4 is 0 Å². The van der Waals surface area contributed by atoms with Crippen LogP contribution in [0.2, 0.25) is 0 Å². The normalized spacial score (nSPS) is 17.5. The SMILES string of the molecule is O=C(O)c1ccnc(S(=O)(=O)N2CCC(OCCF)CC2)c1. The van der Waals surface area contributed by atoms with Gasteiger partial charge in [0.2, 0.25) is 0 Å². The summed E-state index contributed by atoms with van der Waals surface area (Å²) in [6.45, 7) is -0.0828. The molecule has 0 aromatic carbocycles. The average molecular weight is 332 g/mol. The molecule has 1 aliphatic rings. The molecule has 9 heteroatoms. The van der Waals surface area contributed by atoms with Crippen LogP contribution in [0.3, 0.4) is 0 Å². The molecule has 122 valence electrons. The van der Waals surface area contributed by atoms with Gasteiger partial charge in [-0.25, -0.2) is 22.6 Å². The minimum absolute atomic E-state index is 0.0135. The van der Waals surface area contributed by atoms with Crippen LogP contribution in [0.1, 0.15) is 23.2 Å². The molecular weight excluding hydrogens is 315 g/mol. The van der Waals surface area contributed by atoms with E-state index < -0.39 is 22.7 Å². The van der Waals surface area contributed by atoms with Crippen LogP contribution in [0.25, 0.3) is 0 Å². The second-order valence-corrected chi connectivity index (χ2v) is 6.74. The Bertz CT molecular complexity index is 629. The van der Waals surface area contributed by atoms with E-state index in [-0.39, 0.29) is 36.4 Å². The maximum Gasteiger partial charge on any atom is 0.335 e. The maximum atomic E-state index is 12.5. The molecule has 0 atom stereocenters. The summed E-state index contributed by atoms with van der Waals surface area (Å²) in [5.41, 5.74) is -0.130. The third-order valence-corrected chi connectivity index (χ3v) is 5.21. The second-order valence-electron chi connectivity index (χ2n) is 4.85. The fraction of sp³-hybridized carbons (Fsp3) is 0.538. The van der Waals surface area contributed by atoms with Gasteiger partial charge in [0.25, 0.3) is 10.0 Å². The number of aromatic carboxylic acids is 1. The number of nitrogens with zero attached hydrogens (tertiary/aromatic N) is 2. The molecule has 7 nitrogen and oxygen atoms in total. The van der Waals surface area contributed by atoms with Crippen LogP contribution in [-0.2, 0) is 14.8 Å². The molecule has 0 bridgehead atoms. The summed E-state index contributed by atoms with van der Waals surface area (Å²) in [6, 6.07) is 2.28. The Balaban J connectivity index is 2.08. The van der Waals surface area contributed by atoms with Crippen LogP contribution in [0.4, 0.5) is 4.39 Å². The molecule has 1 N–H and O–H groups in total. The zero-order chi connectivity index (χ0) is 16.2. The van der Waals surface area contributed by atoms with Gasteiger partial charge < -0.3 is 9.84 Å². The number of aromatic nitrogens is 1. The molecule has 0 radical (unpaired) electrons. The predicted molar refractivity (Wildman–Crippen MR) is 74.9 cm³/mol. The van der Waals surface area contributed by atoms with E-state index in [2.05, 4.69) is 4.98 Å². The number of alkyl halides is 1. The molecule has 0 aliphatic carbocycles. The highest BCUT2D eigenvalue weighted by Gasteiger charge is 2.31. The Morgan fingerprint density at radius 3 is 2.73 bits per heavy atom. The molecule has 22 heavy (non-hydrogen) atoms. The summed E-state index contributed by atoms with van der Waals surface area (Å²) >= 11 is 0. The highest BCUT2D eigenvalue weighted by molar-refractivity contribution is 7.89. The van der Waals surface area contributed by atoms with Crippen molar-refractivity contribution in [2.75, 3.05) is 26.4 Å². The highest BCUT2D eigenvalue weighted by atomic mass is 32.2. The van der Waals surface area contributed by atoms with Crippen molar-refractivity contribution in [3.63, 3.8) is 0 Å². The third-order valence-electron chi connectivity index (χ3n) is 3.42. The first-order valence-electron chi connectivity index (χ1n) is 6.82. The Hall–Kier alpha value is -1.58. The Morgan fingerprint density at radius 2 is 2.14 bits per heavy atom. The molecule has 0 amide bonds. The van der Waals surface area contributed by atoms with Gasteiger partial charge in [-0.05, 0) is 25.0 Å². The van der Waals surface area contributed by atoms with Gasteiger partial charge in [-0.3, -0.25) is 0 Å². The van der Waals surface area contributed by atoms with Gasteiger partial charge in [0.05, 0.1) is 18.3 Å². The van der Waals surface area contributed by atoms with Gasteiger partial charge in [0.15, 0.2) is 5.03 Å². The van der Waals surface area contributed by atoms with Crippen LogP contribution in [-0.4, -0.2) is 61.3 Å². The fourth-order valence-electron chi connectivity index (χ4n) is 2.27. The molecule has 2 rings (SSSR count). The lowest BCUT2D eigenvalue weighted by Gasteiger charge is -2.30. The zero-order valence-corrected chi connectivity index (χ0v) is 12.6. The largest absolute Gasteiger partial charge is 0.478 e. The predicted octanol–water partition coefficient (Wildman–Crippen LogP) is 0.919. The van der Waals surface area contributed by atoms with Crippen LogP contribution in [0, 0.1) is 0 Å². The third kappa shape index (κ3) is 3.79. The topological polar surface area (TPSA) is 96.8 Å². The van der Waals surface area contributed by atoms with E-state index in [4.69, 9.17) is 9.84 Å². The lowest BCUT2D eigenvalue weighted by Crippen LogP contribution is -2.41. The summed E-state index contributed by atoms with van der Waals surface area (Å²) in [5.74, 6) is -1.21. The number of sulfonamides is 1. The van der Waals surface area contributed by atoms with Crippen LogP contribution >= 0.6 is 0 Å². The van der Waals surface area contributed by atoms with E-state index in [1.165, 1.54) is 10.4 Å². The molecule has 1 saturated heterocycles. The van der Waals surface area contributed by atoms with E-state index in [1.54, 1.807) is 0 Å². The number of hydrogen-bond donors (Lipinski definition) is 1. The summed E-state index contributed by atoms with van der Waals surface area (Å²) in [4.78, 5) is 14.7. The van der Waals surface area contributed by atoms with Crippen LogP contribution in [0.15, 0.2) is 23.4 Å². The number of ether oxygens (including phenoxy) is 1. The van der Waals surface area contributed by atoms with Crippen molar-refractivity contribution >= 4 is 16.0 Å². The quantitative estimate of drug-likeness (QED) is 0.832. The zero-order valence-electron chi connectivity index (χ0n) is 11.8. The number of halogens is 1. The molecule has 1 aromatic heterocycles. The first-order chi connectivity index (χ1) is 10.4. The van der Waals surface area contributed by atoms with Crippen molar-refractivity contribution < 1.29 is 27.4 Å². The standard InChI is InChI=1S/C13H17FN2O5S/c14-4-8-21-11-2-6-16(7-3-11)22(19,20)12-9-10(13(17)18)1-5-15-12/h1,5,9,11H,2-4,6-8H2,(H,17,18). The van der Waals surface area contributed by atoms with Gasteiger partial charge in [-0.2, -0.15) is 4.31 Å². The van der Waals surface area contributed by atoms with Gasteiger partial charge >= 0.3 is 5.97 Å². The lowest BCUT2D eigenvalue weighted by atomic mass is 10.1. The van der Waals surface area contributed by atoms with E-state index >= 15 is 0 Å². The van der Waals surface area contributed by atoms with Gasteiger partial charge in [0.1, 0.15) is 6.67 Å². The van der Waals surface area contributed by atoms with E-state index in [0.29, 0.717) is 12.8 Å². The fourth-order valence-corrected chi connectivity index (χ4v) is 3.69. The maximum absolute atomic E-state index is 12.5. The molecule has 1 aromatic rings. The number of carboxylic acids is 1. The Morgan fingerprint density at radius 1 is 1.45 bits per heavy atom. The molecule has 1 aliphatic heterocycles.